The van der Waals surface area contributed by atoms with E-state index in [9.17, 15) is 9.59 Å². The van der Waals surface area contributed by atoms with Crippen molar-refractivity contribution in [2.45, 2.75) is 71.1 Å². The maximum atomic E-state index is 13.7. The third-order valence-electron chi connectivity index (χ3n) is 7.32. The van der Waals surface area contributed by atoms with E-state index in [2.05, 4.69) is 27.7 Å². The van der Waals surface area contributed by atoms with Crippen LogP contribution in [0.3, 0.4) is 0 Å². The first kappa shape index (κ1) is 27.2. The molecule has 0 saturated carbocycles. The van der Waals surface area contributed by atoms with Gasteiger partial charge in [0.25, 0.3) is 5.91 Å². The van der Waals surface area contributed by atoms with Crippen LogP contribution in [-0.2, 0) is 14.4 Å². The average molecular weight is 527 g/mol. The summed E-state index contributed by atoms with van der Waals surface area (Å²) in [5.41, 5.74) is 1.66. The number of hydrogen-bond acceptors (Lipinski definition) is 6. The first-order valence-corrected chi connectivity index (χ1v) is 12.8. The van der Waals surface area contributed by atoms with Crippen LogP contribution in [0.1, 0.15) is 74.7 Å². The molecule has 37 heavy (non-hydrogen) atoms. The van der Waals surface area contributed by atoms with Crippen LogP contribution in [0.5, 0.6) is 5.75 Å². The van der Waals surface area contributed by atoms with Gasteiger partial charge in [-0.2, -0.15) is 5.06 Å². The number of rotatable bonds is 6. The highest BCUT2D eigenvalue weighted by Gasteiger charge is 2.46. The first-order chi connectivity index (χ1) is 17.4. The van der Waals surface area contributed by atoms with Crippen LogP contribution in [0.2, 0.25) is 5.02 Å². The maximum absolute atomic E-state index is 13.7. The van der Waals surface area contributed by atoms with Crippen LogP contribution in [0.25, 0.3) is 10.9 Å². The summed E-state index contributed by atoms with van der Waals surface area (Å²) in [6.07, 6.45) is 1.82. The quantitative estimate of drug-likeness (QED) is 0.342. The molecule has 7 nitrogen and oxygen atoms in total. The van der Waals surface area contributed by atoms with Crippen LogP contribution in [-0.4, -0.2) is 46.8 Å². The summed E-state index contributed by atoms with van der Waals surface area (Å²) in [4.78, 5) is 33.7. The molecule has 2 heterocycles. The molecule has 3 aromatic rings. The Kier molecular flexibility index (Phi) is 7.43. The van der Waals surface area contributed by atoms with Crippen LogP contribution in [0.15, 0.2) is 42.5 Å². The molecule has 1 aliphatic heterocycles. The molecule has 0 amide bonds. The number of hydroxylamine groups is 2. The molecule has 4 rings (SSSR count). The summed E-state index contributed by atoms with van der Waals surface area (Å²) in [6.45, 7) is 10.3. The minimum absolute atomic E-state index is 0.238. The molecule has 8 heteroatoms. The summed E-state index contributed by atoms with van der Waals surface area (Å²) in [7, 11) is 2.93. The molecule has 1 fully saturated rings. The fourth-order valence-corrected chi connectivity index (χ4v) is 5.68. The lowest BCUT2D eigenvalue weighted by Crippen LogP contribution is -2.58. The number of benzene rings is 2. The third-order valence-corrected chi connectivity index (χ3v) is 7.57. The number of methoxy groups -OCH3 is 2. The molecule has 0 spiro atoms. The maximum Gasteiger partial charge on any atom is 0.341 e. The molecular weight excluding hydrogens is 492 g/mol. The summed E-state index contributed by atoms with van der Waals surface area (Å²) < 4.78 is 12.3. The van der Waals surface area contributed by atoms with Gasteiger partial charge in [0.2, 0.25) is 6.10 Å². The van der Waals surface area contributed by atoms with Gasteiger partial charge in [0.1, 0.15) is 5.75 Å². The first-order valence-electron chi connectivity index (χ1n) is 12.5. The summed E-state index contributed by atoms with van der Waals surface area (Å²) in [6, 6.07) is 12.2. The highest BCUT2D eigenvalue weighted by molar-refractivity contribution is 6.30. The largest absolute Gasteiger partial charge is 0.497 e. The molecule has 198 valence electrons. The molecule has 1 unspecified atom stereocenters. The number of carbonyl (C=O) groups excluding carboxylic acids is 2. The summed E-state index contributed by atoms with van der Waals surface area (Å²) >= 11 is 6.05. The van der Waals surface area contributed by atoms with Crippen LogP contribution in [0, 0.1) is 6.92 Å². The number of hydrogen-bond donors (Lipinski definition) is 0. The molecule has 0 bridgehead atoms. The number of fused-ring (bicyclic) bond motifs is 1. The molecule has 0 N–H and O–H groups in total. The smallest absolute Gasteiger partial charge is 0.341 e. The number of ether oxygens (including phenoxy) is 2. The number of piperidine rings is 1. The van der Waals surface area contributed by atoms with E-state index in [-0.39, 0.29) is 17.0 Å². The molecule has 1 aliphatic rings. The van der Waals surface area contributed by atoms with E-state index >= 15 is 0 Å². The Bertz CT molecular complexity index is 1310. The lowest BCUT2D eigenvalue weighted by molar-refractivity contribution is -0.304. The standard InChI is InChI=1S/C29H35ClN2O5/c1-18-24(25(27(34)36-7)37-32-28(2,3)15-8-16-29(32,4)5)22-17-21(35-6)13-14-23(22)31(18)26(33)19-9-11-20(30)12-10-19/h9-14,17,25H,8,15-16H2,1-7H3. The molecule has 2 aromatic carbocycles. The highest BCUT2D eigenvalue weighted by atomic mass is 35.5. The Morgan fingerprint density at radius 1 is 0.973 bits per heavy atom. The number of halogens is 1. The van der Waals surface area contributed by atoms with Crippen molar-refractivity contribution < 1.29 is 23.9 Å². The second-order valence-corrected chi connectivity index (χ2v) is 11.2. The zero-order valence-corrected chi connectivity index (χ0v) is 23.3. The van der Waals surface area contributed by atoms with E-state index in [1.807, 2.05) is 24.1 Å². The van der Waals surface area contributed by atoms with Gasteiger partial charge in [-0.15, -0.1) is 0 Å². The average Bonchev–Trinajstić information content (AvgIpc) is 3.13. The molecule has 1 aromatic heterocycles. The van der Waals surface area contributed by atoms with Gasteiger partial charge < -0.3 is 9.47 Å². The van der Waals surface area contributed by atoms with Crippen molar-refractivity contribution in [1.29, 1.82) is 0 Å². The van der Waals surface area contributed by atoms with Crippen molar-refractivity contribution in [3.05, 3.63) is 64.3 Å². The SMILES string of the molecule is COC(=O)C(ON1C(C)(C)CCCC1(C)C)c1c(C)n(C(=O)c2ccc(Cl)cc2)c2ccc(OC)cc12. The molecule has 0 aliphatic carbocycles. The normalized spacial score (nSPS) is 17.9. The second-order valence-electron chi connectivity index (χ2n) is 10.8. The minimum atomic E-state index is -1.09. The van der Waals surface area contributed by atoms with Crippen molar-refractivity contribution in [3.63, 3.8) is 0 Å². The fraction of sp³-hybridized carbons (Fsp3) is 0.448. The Balaban J connectivity index is 1.93. The van der Waals surface area contributed by atoms with E-state index in [4.69, 9.17) is 25.9 Å². The number of nitrogens with zero attached hydrogens (tertiary/aromatic N) is 2. The predicted octanol–water partition coefficient (Wildman–Crippen LogP) is 6.49. The summed E-state index contributed by atoms with van der Waals surface area (Å²) in [5, 5.41) is 3.17. The van der Waals surface area contributed by atoms with Gasteiger partial charge in [0.15, 0.2) is 0 Å². The monoisotopic (exact) mass is 526 g/mol. The molecule has 1 atom stereocenters. The van der Waals surface area contributed by atoms with E-state index < -0.39 is 12.1 Å². The zero-order chi connectivity index (χ0) is 27.1. The van der Waals surface area contributed by atoms with Crippen LogP contribution in [0.4, 0.5) is 0 Å². The van der Waals surface area contributed by atoms with Crippen molar-refractivity contribution in [2.75, 3.05) is 14.2 Å². The Morgan fingerprint density at radius 3 is 2.16 bits per heavy atom. The van der Waals surface area contributed by atoms with Gasteiger partial charge in [-0.25, -0.2) is 4.79 Å². The third kappa shape index (κ3) is 5.00. The van der Waals surface area contributed by atoms with Gasteiger partial charge in [0, 0.05) is 38.3 Å². The molecule has 1 saturated heterocycles. The van der Waals surface area contributed by atoms with Crippen LogP contribution < -0.4 is 4.74 Å². The minimum Gasteiger partial charge on any atom is -0.497 e. The van der Waals surface area contributed by atoms with Crippen molar-refractivity contribution in [3.8, 4) is 5.75 Å². The second kappa shape index (κ2) is 10.1. The van der Waals surface area contributed by atoms with Crippen LogP contribution >= 0.6 is 11.6 Å². The Labute approximate surface area is 223 Å². The zero-order valence-electron chi connectivity index (χ0n) is 22.6. The van der Waals surface area contributed by atoms with Crippen molar-refractivity contribution in [2.24, 2.45) is 0 Å². The molecular formula is C29H35ClN2O5. The van der Waals surface area contributed by atoms with Gasteiger partial charge >= 0.3 is 5.97 Å². The van der Waals surface area contributed by atoms with Crippen molar-refractivity contribution >= 4 is 34.4 Å². The van der Waals surface area contributed by atoms with Gasteiger partial charge in [-0.3, -0.25) is 14.2 Å². The molecule has 0 radical (unpaired) electrons. The number of aromatic nitrogens is 1. The highest BCUT2D eigenvalue weighted by Crippen LogP contribution is 2.43. The summed E-state index contributed by atoms with van der Waals surface area (Å²) in [5.74, 6) is -0.175. The van der Waals surface area contributed by atoms with E-state index in [1.165, 1.54) is 7.11 Å². The lowest BCUT2D eigenvalue weighted by atomic mass is 9.82. The lowest BCUT2D eigenvalue weighted by Gasteiger charge is -2.52. The Morgan fingerprint density at radius 2 is 1.59 bits per heavy atom. The predicted molar refractivity (Wildman–Crippen MR) is 144 cm³/mol. The number of carbonyl (C=O) groups is 2. The van der Waals surface area contributed by atoms with E-state index in [0.717, 1.165) is 19.3 Å². The van der Waals surface area contributed by atoms with Gasteiger partial charge in [-0.1, -0.05) is 11.6 Å². The topological polar surface area (TPSA) is 70.0 Å². The Hall–Kier alpha value is -2.87. The van der Waals surface area contributed by atoms with E-state index in [0.29, 0.717) is 38.5 Å². The number of esters is 1. The van der Waals surface area contributed by atoms with Crippen molar-refractivity contribution in [1.82, 2.24) is 9.63 Å². The van der Waals surface area contributed by atoms with Gasteiger partial charge in [0.05, 0.1) is 19.7 Å². The van der Waals surface area contributed by atoms with E-state index in [1.54, 1.807) is 42.0 Å². The fourth-order valence-electron chi connectivity index (χ4n) is 5.55. The van der Waals surface area contributed by atoms with Gasteiger partial charge in [-0.05, 0) is 96.3 Å².